The molecule has 3 rings (SSSR count). The summed E-state index contributed by atoms with van der Waals surface area (Å²) in [6.07, 6.45) is -2.07. The van der Waals surface area contributed by atoms with E-state index < -0.39 is 36.2 Å². The van der Waals surface area contributed by atoms with E-state index in [9.17, 15) is 24.6 Å². The number of alkyl carbamates (subject to hydrolysis) is 1. The normalized spacial score (nSPS) is 15.3. The quantitative estimate of drug-likeness (QED) is 0.500. The molecular formula is C24H28N2O6. The van der Waals surface area contributed by atoms with Crippen LogP contribution < -0.4 is 10.6 Å². The zero-order chi connectivity index (χ0) is 23.4. The molecule has 0 aromatic heterocycles. The van der Waals surface area contributed by atoms with Crippen LogP contribution in [0.3, 0.4) is 0 Å². The maximum Gasteiger partial charge on any atom is 0.407 e. The lowest BCUT2D eigenvalue weighted by Gasteiger charge is -2.25. The van der Waals surface area contributed by atoms with Crippen molar-refractivity contribution in [3.63, 3.8) is 0 Å². The molecule has 2 aromatic carbocycles. The molecule has 2 aromatic rings. The lowest BCUT2D eigenvalue weighted by molar-refractivity contribution is -0.145. The van der Waals surface area contributed by atoms with Gasteiger partial charge in [-0.1, -0.05) is 62.4 Å². The number of hydrogen-bond acceptors (Lipinski definition) is 5. The first-order valence-electron chi connectivity index (χ1n) is 10.5. The van der Waals surface area contributed by atoms with Crippen molar-refractivity contribution in [2.45, 2.75) is 44.9 Å². The Morgan fingerprint density at radius 2 is 1.44 bits per heavy atom. The summed E-state index contributed by atoms with van der Waals surface area (Å²) in [5.74, 6) is -2.52. The van der Waals surface area contributed by atoms with E-state index in [1.165, 1.54) is 6.92 Å². The summed E-state index contributed by atoms with van der Waals surface area (Å²) in [5.41, 5.74) is 4.35. The minimum Gasteiger partial charge on any atom is -0.480 e. The monoisotopic (exact) mass is 440 g/mol. The summed E-state index contributed by atoms with van der Waals surface area (Å²) in [6.45, 7) is 4.79. The molecule has 1 aliphatic carbocycles. The summed E-state index contributed by atoms with van der Waals surface area (Å²) in [4.78, 5) is 36.3. The Hall–Kier alpha value is -3.39. The van der Waals surface area contributed by atoms with Crippen LogP contribution >= 0.6 is 0 Å². The number of aliphatic hydroxyl groups excluding tert-OH is 1. The number of carboxylic acids is 1. The van der Waals surface area contributed by atoms with E-state index in [2.05, 4.69) is 10.6 Å². The van der Waals surface area contributed by atoms with Gasteiger partial charge in [0.25, 0.3) is 0 Å². The van der Waals surface area contributed by atoms with Gasteiger partial charge in [0, 0.05) is 5.92 Å². The second kappa shape index (κ2) is 9.82. The molecule has 0 saturated carbocycles. The molecule has 170 valence electrons. The Morgan fingerprint density at radius 1 is 0.906 bits per heavy atom. The van der Waals surface area contributed by atoms with Crippen LogP contribution in [0.15, 0.2) is 48.5 Å². The van der Waals surface area contributed by atoms with Crippen molar-refractivity contribution in [2.24, 2.45) is 5.92 Å². The number of carboxylic acid groups (broad SMARTS) is 1. The maximum absolute atomic E-state index is 12.6. The molecule has 0 bridgehead atoms. The third-order valence-corrected chi connectivity index (χ3v) is 5.61. The number of carbonyl (C=O) groups is 3. The van der Waals surface area contributed by atoms with E-state index >= 15 is 0 Å². The minimum atomic E-state index is -1.48. The van der Waals surface area contributed by atoms with Crippen molar-refractivity contribution < 1.29 is 29.3 Å². The Bertz CT molecular complexity index is 958. The molecule has 1 aliphatic rings. The number of fused-ring (bicyclic) bond motifs is 3. The van der Waals surface area contributed by atoms with Crippen molar-refractivity contribution in [3.05, 3.63) is 59.7 Å². The lowest BCUT2D eigenvalue weighted by Crippen LogP contribution is -2.56. The number of hydrogen-bond donors (Lipinski definition) is 4. The van der Waals surface area contributed by atoms with Crippen LogP contribution in [0.2, 0.25) is 0 Å². The summed E-state index contributed by atoms with van der Waals surface area (Å²) in [6, 6.07) is 13.4. The summed E-state index contributed by atoms with van der Waals surface area (Å²) >= 11 is 0. The molecule has 0 aliphatic heterocycles. The van der Waals surface area contributed by atoms with Crippen LogP contribution in [0.5, 0.6) is 0 Å². The van der Waals surface area contributed by atoms with Crippen molar-refractivity contribution in [2.75, 3.05) is 6.61 Å². The van der Waals surface area contributed by atoms with Gasteiger partial charge in [-0.2, -0.15) is 0 Å². The van der Waals surface area contributed by atoms with Gasteiger partial charge in [0.15, 0.2) is 6.04 Å². The van der Waals surface area contributed by atoms with E-state index in [-0.39, 0.29) is 18.4 Å². The second-order valence-electron chi connectivity index (χ2n) is 8.26. The number of ether oxygens (including phenoxy) is 1. The summed E-state index contributed by atoms with van der Waals surface area (Å²) in [7, 11) is 0. The topological polar surface area (TPSA) is 125 Å². The zero-order valence-electron chi connectivity index (χ0n) is 18.2. The molecule has 0 heterocycles. The predicted octanol–water partition coefficient (Wildman–Crippen LogP) is 2.50. The molecule has 4 N–H and O–H groups in total. The maximum atomic E-state index is 12.6. The van der Waals surface area contributed by atoms with Gasteiger partial charge in [-0.3, -0.25) is 4.79 Å². The Balaban J connectivity index is 1.67. The molecule has 0 saturated heterocycles. The van der Waals surface area contributed by atoms with Crippen LogP contribution in [0.4, 0.5) is 4.79 Å². The molecule has 0 spiro atoms. The average molecular weight is 440 g/mol. The predicted molar refractivity (Wildman–Crippen MR) is 118 cm³/mol. The molecule has 0 radical (unpaired) electrons. The smallest absolute Gasteiger partial charge is 0.407 e. The van der Waals surface area contributed by atoms with Gasteiger partial charge in [0.1, 0.15) is 12.6 Å². The summed E-state index contributed by atoms with van der Waals surface area (Å²) in [5, 5.41) is 23.6. The van der Waals surface area contributed by atoms with Crippen molar-refractivity contribution in [1.82, 2.24) is 10.6 Å². The highest BCUT2D eigenvalue weighted by molar-refractivity contribution is 5.89. The number of rotatable bonds is 8. The standard InChI is InChI=1S/C24H28N2O6/c1-13(2)20(22(28)25-21(14(3)27)23(29)30)26-24(31)32-12-19-17-10-6-4-8-15(17)16-9-5-7-11-18(16)19/h4-11,13-14,19-21,27H,12H2,1-3H3,(H,25,28)(H,26,31)(H,29,30)/t14-,20-,21+/m1/s1. The van der Waals surface area contributed by atoms with E-state index in [0.717, 1.165) is 22.3 Å². The van der Waals surface area contributed by atoms with Gasteiger partial charge in [0.05, 0.1) is 6.10 Å². The van der Waals surface area contributed by atoms with E-state index in [1.807, 2.05) is 48.5 Å². The van der Waals surface area contributed by atoms with E-state index in [4.69, 9.17) is 4.74 Å². The molecular weight excluding hydrogens is 412 g/mol. The number of amides is 2. The molecule has 8 nitrogen and oxygen atoms in total. The number of benzene rings is 2. The molecule has 32 heavy (non-hydrogen) atoms. The lowest BCUT2D eigenvalue weighted by atomic mass is 9.98. The Labute approximate surface area is 186 Å². The number of aliphatic hydroxyl groups is 1. The molecule has 8 heteroatoms. The fraction of sp³-hybridized carbons (Fsp3) is 0.375. The Morgan fingerprint density at radius 3 is 1.91 bits per heavy atom. The van der Waals surface area contributed by atoms with E-state index in [0.29, 0.717) is 0 Å². The summed E-state index contributed by atoms with van der Waals surface area (Å²) < 4.78 is 5.47. The number of nitrogens with one attached hydrogen (secondary N) is 2. The molecule has 0 unspecified atom stereocenters. The van der Waals surface area contributed by atoms with Crippen molar-refractivity contribution >= 4 is 18.0 Å². The van der Waals surface area contributed by atoms with Crippen LogP contribution in [0.1, 0.15) is 37.8 Å². The van der Waals surface area contributed by atoms with Crippen LogP contribution in [-0.4, -0.2) is 53.0 Å². The van der Waals surface area contributed by atoms with Gasteiger partial charge in [-0.05, 0) is 35.1 Å². The third-order valence-electron chi connectivity index (χ3n) is 5.61. The largest absolute Gasteiger partial charge is 0.480 e. The fourth-order valence-corrected chi connectivity index (χ4v) is 3.93. The molecule has 0 fully saturated rings. The molecule has 3 atom stereocenters. The van der Waals surface area contributed by atoms with E-state index in [1.54, 1.807) is 13.8 Å². The number of carbonyl (C=O) groups excluding carboxylic acids is 2. The zero-order valence-corrected chi connectivity index (χ0v) is 18.2. The first-order chi connectivity index (χ1) is 15.2. The van der Waals surface area contributed by atoms with Crippen LogP contribution in [0, 0.1) is 5.92 Å². The van der Waals surface area contributed by atoms with Gasteiger partial charge in [-0.25, -0.2) is 9.59 Å². The SMILES string of the molecule is CC(C)[C@@H](NC(=O)OCC1c2ccccc2-c2ccccc21)C(=O)N[C@H](C(=O)O)[C@@H](C)O. The molecule has 2 amide bonds. The van der Waals surface area contributed by atoms with Crippen molar-refractivity contribution in [3.8, 4) is 11.1 Å². The van der Waals surface area contributed by atoms with Gasteiger partial charge < -0.3 is 25.6 Å². The van der Waals surface area contributed by atoms with Gasteiger partial charge in [-0.15, -0.1) is 0 Å². The Kier molecular flexibility index (Phi) is 7.15. The van der Waals surface area contributed by atoms with Gasteiger partial charge >= 0.3 is 12.1 Å². The highest BCUT2D eigenvalue weighted by atomic mass is 16.5. The first kappa shape index (κ1) is 23.3. The van der Waals surface area contributed by atoms with Gasteiger partial charge in [0.2, 0.25) is 5.91 Å². The van der Waals surface area contributed by atoms with Crippen LogP contribution in [0.25, 0.3) is 11.1 Å². The highest BCUT2D eigenvalue weighted by Gasteiger charge is 2.32. The third kappa shape index (κ3) is 4.91. The number of aliphatic carboxylic acids is 1. The first-order valence-corrected chi connectivity index (χ1v) is 10.5. The fourth-order valence-electron chi connectivity index (χ4n) is 3.93. The average Bonchev–Trinajstić information content (AvgIpc) is 3.07. The highest BCUT2D eigenvalue weighted by Crippen LogP contribution is 2.44. The van der Waals surface area contributed by atoms with Crippen molar-refractivity contribution in [1.29, 1.82) is 0 Å². The van der Waals surface area contributed by atoms with Crippen LogP contribution in [-0.2, 0) is 14.3 Å². The minimum absolute atomic E-state index is 0.0950. The second-order valence-corrected chi connectivity index (χ2v) is 8.26.